The Balaban J connectivity index is 2.88. The van der Waals surface area contributed by atoms with Gasteiger partial charge in [0, 0.05) is 6.61 Å². The molecule has 18 heavy (non-hydrogen) atoms. The van der Waals surface area contributed by atoms with Gasteiger partial charge in [-0.3, -0.25) is 0 Å². The quantitative estimate of drug-likeness (QED) is 0.859. The van der Waals surface area contributed by atoms with Gasteiger partial charge in [0.05, 0.1) is 12.1 Å². The van der Waals surface area contributed by atoms with E-state index < -0.39 is 0 Å². The second kappa shape index (κ2) is 6.35. The first-order chi connectivity index (χ1) is 8.40. The van der Waals surface area contributed by atoms with Gasteiger partial charge in [0.15, 0.2) is 0 Å². The van der Waals surface area contributed by atoms with Crippen molar-refractivity contribution in [3.8, 4) is 0 Å². The molecular formula is C16H27NO. The molecule has 2 atom stereocenters. The number of nitrogens with one attached hydrogen (secondary N) is 1. The summed E-state index contributed by atoms with van der Waals surface area (Å²) < 4.78 is 5.68. The second-order valence-electron chi connectivity index (χ2n) is 5.80. The summed E-state index contributed by atoms with van der Waals surface area (Å²) in [5, 5.41) is 3.34. The molecule has 0 heterocycles. The van der Waals surface area contributed by atoms with E-state index in [-0.39, 0.29) is 17.6 Å². The van der Waals surface area contributed by atoms with Gasteiger partial charge < -0.3 is 10.1 Å². The van der Waals surface area contributed by atoms with Crippen LogP contribution >= 0.6 is 0 Å². The molecule has 0 radical (unpaired) electrons. The Bertz CT molecular complexity index is 350. The Labute approximate surface area is 112 Å². The number of hydrogen-bond acceptors (Lipinski definition) is 2. The van der Waals surface area contributed by atoms with Gasteiger partial charge >= 0.3 is 0 Å². The highest BCUT2D eigenvalue weighted by molar-refractivity contribution is 5.29. The van der Waals surface area contributed by atoms with Gasteiger partial charge in [-0.1, -0.05) is 45.0 Å². The average molecular weight is 249 g/mol. The summed E-state index contributed by atoms with van der Waals surface area (Å²) in [6, 6.07) is 9.10. The van der Waals surface area contributed by atoms with Crippen LogP contribution in [0.15, 0.2) is 24.3 Å². The summed E-state index contributed by atoms with van der Waals surface area (Å²) in [5.41, 5.74) is 2.86. The third-order valence-corrected chi connectivity index (χ3v) is 3.35. The van der Waals surface area contributed by atoms with Crippen molar-refractivity contribution in [1.29, 1.82) is 0 Å². The first kappa shape index (κ1) is 15.2. The van der Waals surface area contributed by atoms with Crippen LogP contribution in [0.25, 0.3) is 0 Å². The summed E-state index contributed by atoms with van der Waals surface area (Å²) in [7, 11) is 1.98. The first-order valence-electron chi connectivity index (χ1n) is 6.79. The highest BCUT2D eigenvalue weighted by Crippen LogP contribution is 2.25. The zero-order valence-corrected chi connectivity index (χ0v) is 12.6. The Morgan fingerprint density at radius 2 is 1.72 bits per heavy atom. The van der Waals surface area contributed by atoms with E-state index >= 15 is 0 Å². The van der Waals surface area contributed by atoms with E-state index in [9.17, 15) is 0 Å². The summed E-state index contributed by atoms with van der Waals surface area (Å²) in [6.45, 7) is 11.6. The van der Waals surface area contributed by atoms with Gasteiger partial charge in [-0.05, 0) is 37.4 Å². The van der Waals surface area contributed by atoms with Crippen molar-refractivity contribution in [2.24, 2.45) is 0 Å². The summed E-state index contributed by atoms with van der Waals surface area (Å²) in [5.74, 6) is 0. The molecule has 0 saturated heterocycles. The minimum atomic E-state index is 0.181. The average Bonchev–Trinajstić information content (AvgIpc) is 2.30. The molecule has 2 heteroatoms. The molecule has 1 aromatic carbocycles. The molecule has 2 unspecified atom stereocenters. The predicted molar refractivity (Wildman–Crippen MR) is 78.0 cm³/mol. The first-order valence-corrected chi connectivity index (χ1v) is 6.79. The topological polar surface area (TPSA) is 21.3 Å². The molecule has 0 aromatic heterocycles. The minimum absolute atomic E-state index is 0.181. The van der Waals surface area contributed by atoms with E-state index in [0.717, 1.165) is 6.61 Å². The fourth-order valence-electron chi connectivity index (χ4n) is 2.22. The highest BCUT2D eigenvalue weighted by atomic mass is 16.5. The molecule has 0 aliphatic rings. The lowest BCUT2D eigenvalue weighted by atomic mass is 9.86. The van der Waals surface area contributed by atoms with E-state index in [1.165, 1.54) is 11.1 Å². The molecule has 0 amide bonds. The van der Waals surface area contributed by atoms with Crippen LogP contribution in [0.4, 0.5) is 0 Å². The fraction of sp³-hybridized carbons (Fsp3) is 0.625. The predicted octanol–water partition coefficient (Wildman–Crippen LogP) is 3.67. The molecule has 1 rings (SSSR count). The van der Waals surface area contributed by atoms with Crippen molar-refractivity contribution < 1.29 is 4.74 Å². The number of hydrogen-bond donors (Lipinski definition) is 1. The minimum Gasteiger partial charge on any atom is -0.377 e. The van der Waals surface area contributed by atoms with Gasteiger partial charge in [0.25, 0.3) is 0 Å². The van der Waals surface area contributed by atoms with Crippen LogP contribution in [0.1, 0.15) is 51.8 Å². The number of rotatable bonds is 5. The van der Waals surface area contributed by atoms with Crippen molar-refractivity contribution >= 4 is 0 Å². The molecular weight excluding hydrogens is 222 g/mol. The maximum atomic E-state index is 5.68. The molecule has 2 nitrogen and oxygen atoms in total. The molecule has 0 bridgehead atoms. The van der Waals surface area contributed by atoms with Crippen molar-refractivity contribution in [3.05, 3.63) is 35.4 Å². The largest absolute Gasteiger partial charge is 0.377 e. The standard InChI is InChI=1S/C16H27NO/c1-7-18-12(2)15(17-6)13-8-10-14(11-9-13)16(3,4)5/h8-12,15,17H,7H2,1-6H3. The fourth-order valence-corrected chi connectivity index (χ4v) is 2.22. The maximum Gasteiger partial charge on any atom is 0.0741 e. The monoisotopic (exact) mass is 249 g/mol. The van der Waals surface area contributed by atoms with Gasteiger partial charge in [0.1, 0.15) is 0 Å². The van der Waals surface area contributed by atoms with E-state index in [4.69, 9.17) is 4.74 Å². The highest BCUT2D eigenvalue weighted by Gasteiger charge is 2.19. The summed E-state index contributed by atoms with van der Waals surface area (Å²) in [6.07, 6.45) is 0.181. The van der Waals surface area contributed by atoms with Crippen LogP contribution in [0, 0.1) is 0 Å². The molecule has 102 valence electrons. The molecule has 0 spiro atoms. The van der Waals surface area contributed by atoms with E-state index in [1.54, 1.807) is 0 Å². The molecule has 0 aliphatic heterocycles. The van der Waals surface area contributed by atoms with Gasteiger partial charge in [-0.2, -0.15) is 0 Å². The zero-order valence-electron chi connectivity index (χ0n) is 12.6. The molecule has 0 aliphatic carbocycles. The van der Waals surface area contributed by atoms with Gasteiger partial charge in [-0.15, -0.1) is 0 Å². The van der Waals surface area contributed by atoms with Crippen molar-refractivity contribution in [1.82, 2.24) is 5.32 Å². The van der Waals surface area contributed by atoms with E-state index in [1.807, 2.05) is 14.0 Å². The van der Waals surface area contributed by atoms with Gasteiger partial charge in [0.2, 0.25) is 0 Å². The molecule has 1 aromatic rings. The van der Waals surface area contributed by atoms with Crippen molar-refractivity contribution in [3.63, 3.8) is 0 Å². The second-order valence-corrected chi connectivity index (χ2v) is 5.80. The lowest BCUT2D eigenvalue weighted by Crippen LogP contribution is -2.29. The summed E-state index contributed by atoms with van der Waals surface area (Å²) >= 11 is 0. The maximum absolute atomic E-state index is 5.68. The smallest absolute Gasteiger partial charge is 0.0741 e. The Morgan fingerprint density at radius 1 is 1.17 bits per heavy atom. The van der Waals surface area contributed by atoms with Crippen LogP contribution in [0.2, 0.25) is 0 Å². The Morgan fingerprint density at radius 3 is 2.11 bits per heavy atom. The zero-order chi connectivity index (χ0) is 13.8. The normalized spacial score (nSPS) is 15.4. The Hall–Kier alpha value is -0.860. The van der Waals surface area contributed by atoms with E-state index in [2.05, 4.69) is 57.3 Å². The van der Waals surface area contributed by atoms with Crippen LogP contribution in [-0.4, -0.2) is 19.8 Å². The lowest BCUT2D eigenvalue weighted by Gasteiger charge is -2.25. The van der Waals surface area contributed by atoms with E-state index in [0.29, 0.717) is 0 Å². The number of benzene rings is 1. The van der Waals surface area contributed by atoms with Crippen molar-refractivity contribution in [2.75, 3.05) is 13.7 Å². The molecule has 1 N–H and O–H groups in total. The van der Waals surface area contributed by atoms with Crippen LogP contribution < -0.4 is 5.32 Å². The van der Waals surface area contributed by atoms with Crippen LogP contribution in [0.3, 0.4) is 0 Å². The number of likely N-dealkylation sites (N-methyl/N-ethyl adjacent to an activating group) is 1. The van der Waals surface area contributed by atoms with Crippen LogP contribution in [0.5, 0.6) is 0 Å². The molecule has 0 fully saturated rings. The molecule has 0 saturated carbocycles. The lowest BCUT2D eigenvalue weighted by molar-refractivity contribution is 0.0493. The SMILES string of the molecule is CCOC(C)C(NC)c1ccc(C(C)(C)C)cc1. The summed E-state index contributed by atoms with van der Waals surface area (Å²) in [4.78, 5) is 0. The number of ether oxygens (including phenoxy) is 1. The van der Waals surface area contributed by atoms with Crippen LogP contribution in [-0.2, 0) is 10.2 Å². The third kappa shape index (κ3) is 3.82. The third-order valence-electron chi connectivity index (χ3n) is 3.35. The Kier molecular flexibility index (Phi) is 5.36. The van der Waals surface area contributed by atoms with Crippen molar-refractivity contribution in [2.45, 2.75) is 52.2 Å². The van der Waals surface area contributed by atoms with Gasteiger partial charge in [-0.25, -0.2) is 0 Å².